The molecule has 2 amide bonds. The van der Waals surface area contributed by atoms with E-state index in [0.717, 1.165) is 9.13 Å². The largest absolute Gasteiger partial charge is 0.493 e. The Balaban J connectivity index is 1.59. The maximum atomic E-state index is 12.8. The van der Waals surface area contributed by atoms with E-state index >= 15 is 0 Å². The highest BCUT2D eigenvalue weighted by Crippen LogP contribution is 2.35. The molecule has 1 aliphatic rings. The van der Waals surface area contributed by atoms with Gasteiger partial charge < -0.3 is 9.47 Å². The third kappa shape index (κ3) is 4.62. The van der Waals surface area contributed by atoms with Crippen molar-refractivity contribution >= 4 is 46.2 Å². The van der Waals surface area contributed by atoms with E-state index < -0.39 is 11.8 Å². The Morgan fingerprint density at radius 2 is 1.81 bits per heavy atom. The molecule has 1 aliphatic heterocycles. The Hall–Kier alpha value is -3.33. The van der Waals surface area contributed by atoms with Gasteiger partial charge >= 0.3 is 0 Å². The highest BCUT2D eigenvalue weighted by Gasteiger charge is 2.34. The third-order valence-corrected chi connectivity index (χ3v) is 5.74. The van der Waals surface area contributed by atoms with Crippen LogP contribution in [0, 0.1) is 10.5 Å². The van der Waals surface area contributed by atoms with E-state index in [2.05, 4.69) is 34.1 Å². The van der Waals surface area contributed by atoms with Gasteiger partial charge in [0.05, 0.1) is 16.4 Å². The van der Waals surface area contributed by atoms with Crippen molar-refractivity contribution < 1.29 is 19.1 Å². The number of hydrogen-bond donors (Lipinski definition) is 1. The zero-order chi connectivity index (χ0) is 22.7. The SMILES string of the molecule is COc1cc(/C=C2/C(=O)NN(c3ccccc3)C2=O)cc(I)c1OCc1cccc(C)c1. The molecule has 162 valence electrons. The van der Waals surface area contributed by atoms with Crippen LogP contribution in [-0.2, 0) is 16.2 Å². The van der Waals surface area contributed by atoms with E-state index in [1.54, 1.807) is 43.5 Å². The Kier molecular flexibility index (Phi) is 6.45. The first-order valence-electron chi connectivity index (χ1n) is 9.94. The maximum absolute atomic E-state index is 12.8. The van der Waals surface area contributed by atoms with Crippen molar-refractivity contribution in [1.82, 2.24) is 5.43 Å². The van der Waals surface area contributed by atoms with E-state index in [1.165, 1.54) is 10.6 Å². The molecule has 6 nitrogen and oxygen atoms in total. The number of ether oxygens (including phenoxy) is 2. The van der Waals surface area contributed by atoms with Crippen LogP contribution in [0.3, 0.4) is 0 Å². The smallest absolute Gasteiger partial charge is 0.282 e. The van der Waals surface area contributed by atoms with E-state index in [-0.39, 0.29) is 5.57 Å². The van der Waals surface area contributed by atoms with Crippen LogP contribution in [0.25, 0.3) is 6.08 Å². The van der Waals surface area contributed by atoms with E-state index in [0.29, 0.717) is 29.4 Å². The molecule has 1 saturated heterocycles. The molecule has 1 fully saturated rings. The zero-order valence-electron chi connectivity index (χ0n) is 17.6. The number of methoxy groups -OCH3 is 1. The number of hydrogen-bond acceptors (Lipinski definition) is 4. The standard InChI is InChI=1S/C25H21IN2O4/c1-16-7-6-8-17(11-16)15-32-23-21(26)13-18(14-22(23)31-2)12-20-24(29)27-28(25(20)30)19-9-4-3-5-10-19/h3-14H,15H2,1-2H3,(H,27,29)/b20-12-. The monoisotopic (exact) mass is 540 g/mol. The summed E-state index contributed by atoms with van der Waals surface area (Å²) < 4.78 is 12.4. The second-order valence-corrected chi connectivity index (χ2v) is 8.45. The van der Waals surface area contributed by atoms with Crippen molar-refractivity contribution in [3.63, 3.8) is 0 Å². The molecule has 0 bridgehead atoms. The second-order valence-electron chi connectivity index (χ2n) is 7.29. The highest BCUT2D eigenvalue weighted by molar-refractivity contribution is 14.1. The number of halogens is 1. The Morgan fingerprint density at radius 1 is 1.03 bits per heavy atom. The number of nitrogens with zero attached hydrogens (tertiary/aromatic N) is 1. The van der Waals surface area contributed by atoms with Crippen molar-refractivity contribution in [2.45, 2.75) is 13.5 Å². The van der Waals surface area contributed by atoms with E-state index in [4.69, 9.17) is 9.47 Å². The quantitative estimate of drug-likeness (QED) is 0.281. The Labute approximate surface area is 199 Å². The number of nitrogens with one attached hydrogen (secondary N) is 1. The number of para-hydroxylation sites is 1. The lowest BCUT2D eigenvalue weighted by atomic mass is 10.1. The molecule has 0 atom stereocenters. The molecule has 1 N–H and O–H groups in total. The number of anilines is 1. The molecule has 0 unspecified atom stereocenters. The summed E-state index contributed by atoms with van der Waals surface area (Å²) in [6, 6.07) is 20.7. The number of rotatable bonds is 6. The topological polar surface area (TPSA) is 67.9 Å². The van der Waals surface area contributed by atoms with Gasteiger partial charge in [0, 0.05) is 0 Å². The Morgan fingerprint density at radius 3 is 2.53 bits per heavy atom. The summed E-state index contributed by atoms with van der Waals surface area (Å²) in [6.45, 7) is 2.44. The first-order chi connectivity index (χ1) is 15.5. The van der Waals surface area contributed by atoms with Gasteiger partial charge in [0.25, 0.3) is 11.8 Å². The van der Waals surface area contributed by atoms with Crippen molar-refractivity contribution in [3.05, 3.63) is 92.6 Å². The number of aryl methyl sites for hydroxylation is 1. The number of carbonyl (C=O) groups is 2. The molecular formula is C25H21IN2O4. The molecule has 0 spiro atoms. The molecule has 0 radical (unpaired) electrons. The van der Waals surface area contributed by atoms with Crippen LogP contribution >= 0.6 is 22.6 Å². The second kappa shape index (κ2) is 9.44. The van der Waals surface area contributed by atoms with Crippen molar-refractivity contribution in [1.29, 1.82) is 0 Å². The molecule has 3 aromatic carbocycles. The fourth-order valence-electron chi connectivity index (χ4n) is 3.40. The normalized spacial score (nSPS) is 14.6. The van der Waals surface area contributed by atoms with Gasteiger partial charge in [-0.05, 0) is 71.0 Å². The van der Waals surface area contributed by atoms with Gasteiger partial charge in [0.15, 0.2) is 11.5 Å². The summed E-state index contributed by atoms with van der Waals surface area (Å²) in [5, 5.41) is 1.25. The van der Waals surface area contributed by atoms with Gasteiger partial charge in [-0.15, -0.1) is 0 Å². The minimum absolute atomic E-state index is 0.0557. The molecule has 0 aromatic heterocycles. The van der Waals surface area contributed by atoms with Gasteiger partial charge in [0.2, 0.25) is 0 Å². The molecule has 32 heavy (non-hydrogen) atoms. The number of carbonyl (C=O) groups excluding carboxylic acids is 2. The fraction of sp³-hybridized carbons (Fsp3) is 0.120. The van der Waals surface area contributed by atoms with Crippen LogP contribution < -0.4 is 19.9 Å². The van der Waals surface area contributed by atoms with E-state index in [9.17, 15) is 9.59 Å². The van der Waals surface area contributed by atoms with Crippen molar-refractivity contribution in [2.75, 3.05) is 12.1 Å². The van der Waals surface area contributed by atoms with Gasteiger partial charge in [-0.1, -0.05) is 48.0 Å². The van der Waals surface area contributed by atoms with Gasteiger partial charge in [-0.3, -0.25) is 15.0 Å². The van der Waals surface area contributed by atoms with Crippen molar-refractivity contribution in [3.8, 4) is 11.5 Å². The van der Waals surface area contributed by atoms with Crippen LogP contribution in [0.15, 0.2) is 72.3 Å². The molecular weight excluding hydrogens is 519 g/mol. The molecule has 0 aliphatic carbocycles. The summed E-state index contributed by atoms with van der Waals surface area (Å²) in [6.07, 6.45) is 1.57. The van der Waals surface area contributed by atoms with Crippen LogP contribution in [0.4, 0.5) is 5.69 Å². The average molecular weight is 540 g/mol. The highest BCUT2D eigenvalue weighted by atomic mass is 127. The van der Waals surface area contributed by atoms with Crippen LogP contribution in [0.1, 0.15) is 16.7 Å². The lowest BCUT2D eigenvalue weighted by molar-refractivity contribution is -0.117. The lowest BCUT2D eigenvalue weighted by Gasteiger charge is -2.14. The van der Waals surface area contributed by atoms with Gasteiger partial charge in [-0.2, -0.15) is 0 Å². The summed E-state index contributed by atoms with van der Waals surface area (Å²) in [7, 11) is 1.56. The number of hydrazine groups is 1. The zero-order valence-corrected chi connectivity index (χ0v) is 19.8. The van der Waals surface area contributed by atoms with Gasteiger partial charge in [-0.25, -0.2) is 5.01 Å². The van der Waals surface area contributed by atoms with Crippen molar-refractivity contribution in [2.24, 2.45) is 0 Å². The number of benzene rings is 3. The van der Waals surface area contributed by atoms with E-state index in [1.807, 2.05) is 37.3 Å². The predicted octanol–water partition coefficient (Wildman–Crippen LogP) is 4.65. The molecule has 1 heterocycles. The first-order valence-corrected chi connectivity index (χ1v) is 11.0. The molecule has 0 saturated carbocycles. The first kappa shape index (κ1) is 21.9. The van der Waals surface area contributed by atoms with Crippen LogP contribution in [-0.4, -0.2) is 18.9 Å². The van der Waals surface area contributed by atoms with Gasteiger partial charge in [0.1, 0.15) is 12.2 Å². The third-order valence-electron chi connectivity index (χ3n) is 4.93. The summed E-state index contributed by atoms with van der Waals surface area (Å²) in [4.78, 5) is 25.3. The molecule has 7 heteroatoms. The summed E-state index contributed by atoms with van der Waals surface area (Å²) in [5.74, 6) is 0.287. The molecule has 4 rings (SSSR count). The Bertz CT molecular complexity index is 1210. The van der Waals surface area contributed by atoms with Crippen LogP contribution in [0.2, 0.25) is 0 Å². The summed E-state index contributed by atoms with van der Waals surface area (Å²) >= 11 is 2.16. The fourth-order valence-corrected chi connectivity index (χ4v) is 4.18. The molecule has 3 aromatic rings. The predicted molar refractivity (Wildman–Crippen MR) is 131 cm³/mol. The minimum Gasteiger partial charge on any atom is -0.493 e. The maximum Gasteiger partial charge on any atom is 0.282 e. The lowest BCUT2D eigenvalue weighted by Crippen LogP contribution is -2.35. The number of amides is 2. The van der Waals surface area contributed by atoms with Crippen LogP contribution in [0.5, 0.6) is 11.5 Å². The minimum atomic E-state index is -0.451. The average Bonchev–Trinajstić information content (AvgIpc) is 3.07. The summed E-state index contributed by atoms with van der Waals surface area (Å²) in [5.41, 5.74) is 6.15.